The van der Waals surface area contributed by atoms with E-state index in [0.717, 1.165) is 31.2 Å². The number of benzene rings is 1. The topological polar surface area (TPSA) is 97.0 Å². The summed E-state index contributed by atoms with van der Waals surface area (Å²) in [4.78, 5) is 38.8. The van der Waals surface area contributed by atoms with E-state index in [1.165, 1.54) is 12.0 Å². The van der Waals surface area contributed by atoms with Gasteiger partial charge < -0.3 is 25.0 Å². The quantitative estimate of drug-likeness (QED) is 0.527. The molecule has 1 fully saturated rings. The van der Waals surface area contributed by atoms with Gasteiger partial charge in [0.2, 0.25) is 5.91 Å². The summed E-state index contributed by atoms with van der Waals surface area (Å²) in [7, 11) is 3.13. The predicted molar refractivity (Wildman–Crippen MR) is 112 cm³/mol. The molecule has 1 heterocycles. The average molecular weight is 415 g/mol. The first kappa shape index (κ1) is 21.8. The van der Waals surface area contributed by atoms with Crippen molar-refractivity contribution >= 4 is 23.6 Å². The van der Waals surface area contributed by atoms with Crippen LogP contribution < -0.4 is 10.6 Å². The number of nitrogens with zero attached hydrogens (tertiary/aromatic N) is 1. The van der Waals surface area contributed by atoms with Gasteiger partial charge in [-0.25, -0.2) is 9.59 Å². The lowest BCUT2D eigenvalue weighted by molar-refractivity contribution is -0.140. The lowest BCUT2D eigenvalue weighted by Gasteiger charge is -2.33. The molecule has 30 heavy (non-hydrogen) atoms. The molecule has 0 unspecified atom stereocenters. The number of anilines is 1. The number of amides is 3. The van der Waals surface area contributed by atoms with E-state index >= 15 is 0 Å². The molecule has 3 amide bonds. The Hall–Kier alpha value is -2.87. The van der Waals surface area contributed by atoms with Crippen molar-refractivity contribution in [1.82, 2.24) is 10.2 Å². The van der Waals surface area contributed by atoms with Crippen LogP contribution in [0.15, 0.2) is 35.5 Å². The van der Waals surface area contributed by atoms with E-state index in [1.807, 2.05) is 0 Å². The molecule has 0 radical (unpaired) electrons. The van der Waals surface area contributed by atoms with Crippen LogP contribution in [0.25, 0.3) is 0 Å². The van der Waals surface area contributed by atoms with Gasteiger partial charge in [0.05, 0.1) is 18.2 Å². The number of nitrogens with one attached hydrogen (secondary N) is 2. The molecule has 1 aromatic carbocycles. The second-order valence-electron chi connectivity index (χ2n) is 7.66. The fourth-order valence-corrected chi connectivity index (χ4v) is 3.84. The minimum absolute atomic E-state index is 0.0472. The number of hydrogen-bond donors (Lipinski definition) is 2. The molecule has 0 saturated heterocycles. The summed E-state index contributed by atoms with van der Waals surface area (Å²) < 4.78 is 10.2. The summed E-state index contributed by atoms with van der Waals surface area (Å²) >= 11 is 0. The number of hydrogen-bond acceptors (Lipinski definition) is 5. The molecule has 2 aliphatic rings. The summed E-state index contributed by atoms with van der Waals surface area (Å²) in [5.74, 6) is -0.372. The monoisotopic (exact) mass is 415 g/mol. The van der Waals surface area contributed by atoms with Crippen molar-refractivity contribution in [2.75, 3.05) is 32.7 Å². The highest BCUT2D eigenvalue weighted by Crippen LogP contribution is 2.31. The third-order valence-electron chi connectivity index (χ3n) is 5.73. The van der Waals surface area contributed by atoms with Crippen molar-refractivity contribution in [2.45, 2.75) is 38.6 Å². The Labute approximate surface area is 176 Å². The zero-order valence-corrected chi connectivity index (χ0v) is 17.7. The minimum Gasteiger partial charge on any atom is -0.460 e. The Morgan fingerprint density at radius 1 is 1.17 bits per heavy atom. The first-order valence-corrected chi connectivity index (χ1v) is 10.2. The maximum absolute atomic E-state index is 12.7. The second-order valence-corrected chi connectivity index (χ2v) is 7.66. The number of rotatable bonds is 7. The van der Waals surface area contributed by atoms with E-state index in [-0.39, 0.29) is 24.5 Å². The Balaban J connectivity index is 1.78. The van der Waals surface area contributed by atoms with Gasteiger partial charge in [0.15, 0.2) is 0 Å². The molecule has 8 heteroatoms. The van der Waals surface area contributed by atoms with E-state index in [0.29, 0.717) is 23.6 Å². The Morgan fingerprint density at radius 2 is 1.83 bits per heavy atom. The van der Waals surface area contributed by atoms with Crippen LogP contribution in [-0.2, 0) is 19.1 Å². The fraction of sp³-hybridized carbons (Fsp3) is 0.500. The van der Waals surface area contributed by atoms with Crippen LogP contribution in [0.1, 0.15) is 44.2 Å². The third kappa shape index (κ3) is 4.81. The van der Waals surface area contributed by atoms with Gasteiger partial charge in [0.25, 0.3) is 0 Å². The number of allylic oxidation sites excluding steroid dienone is 1. The molecule has 0 bridgehead atoms. The molecule has 1 aliphatic carbocycles. The maximum atomic E-state index is 12.7. The number of carbonyl (C=O) groups is 3. The summed E-state index contributed by atoms with van der Waals surface area (Å²) in [6, 6.07) is 6.24. The standard InChI is InChI=1S/C22H29N3O5/c1-14-18(21(27)30-13-12-29-3)19(24-22(28)25(14)2)15-8-10-17(11-9-15)23-20(26)16-6-4-5-7-16/h8-11,16,19H,4-7,12-13H2,1-3H3,(H,23,26)(H,24,28)/t19-/m0/s1. The SMILES string of the molecule is COCCOC(=O)C1=C(C)N(C)C(=O)N[C@H]1c1ccc(NC(=O)C2CCCC2)cc1. The molecular weight excluding hydrogens is 386 g/mol. The van der Waals surface area contributed by atoms with Crippen molar-refractivity contribution in [3.05, 3.63) is 41.1 Å². The van der Waals surface area contributed by atoms with Crippen LogP contribution in [0.4, 0.5) is 10.5 Å². The van der Waals surface area contributed by atoms with Crippen molar-refractivity contribution < 1.29 is 23.9 Å². The zero-order chi connectivity index (χ0) is 21.7. The van der Waals surface area contributed by atoms with Crippen LogP contribution in [-0.4, -0.2) is 50.2 Å². The summed E-state index contributed by atoms with van der Waals surface area (Å²) in [5.41, 5.74) is 2.33. The Kier molecular flexibility index (Phi) is 7.10. The number of carbonyl (C=O) groups excluding carboxylic acids is 3. The maximum Gasteiger partial charge on any atom is 0.338 e. The van der Waals surface area contributed by atoms with Crippen LogP contribution in [0, 0.1) is 5.92 Å². The number of ether oxygens (including phenoxy) is 2. The van der Waals surface area contributed by atoms with Gasteiger partial charge in [-0.3, -0.25) is 4.79 Å². The van der Waals surface area contributed by atoms with Crippen molar-refractivity contribution in [3.63, 3.8) is 0 Å². The number of methoxy groups -OCH3 is 1. The Morgan fingerprint density at radius 3 is 2.47 bits per heavy atom. The van der Waals surface area contributed by atoms with E-state index < -0.39 is 12.0 Å². The van der Waals surface area contributed by atoms with Crippen molar-refractivity contribution in [1.29, 1.82) is 0 Å². The first-order chi connectivity index (χ1) is 14.4. The summed E-state index contributed by atoms with van der Waals surface area (Å²) in [6.45, 7) is 2.14. The van der Waals surface area contributed by atoms with Gasteiger partial charge in [-0.05, 0) is 37.5 Å². The second kappa shape index (κ2) is 9.75. The lowest BCUT2D eigenvalue weighted by atomic mass is 9.95. The fourth-order valence-electron chi connectivity index (χ4n) is 3.84. The average Bonchev–Trinajstić information content (AvgIpc) is 3.27. The van der Waals surface area contributed by atoms with Gasteiger partial charge in [-0.1, -0.05) is 25.0 Å². The van der Waals surface area contributed by atoms with Gasteiger partial charge in [0, 0.05) is 31.5 Å². The molecule has 1 aliphatic heterocycles. The first-order valence-electron chi connectivity index (χ1n) is 10.2. The van der Waals surface area contributed by atoms with Crippen molar-refractivity contribution in [3.8, 4) is 0 Å². The highest BCUT2D eigenvalue weighted by molar-refractivity contribution is 5.95. The van der Waals surface area contributed by atoms with Gasteiger partial charge in [-0.15, -0.1) is 0 Å². The molecule has 1 saturated carbocycles. The van der Waals surface area contributed by atoms with Crippen LogP contribution in [0.3, 0.4) is 0 Å². The predicted octanol–water partition coefficient (Wildman–Crippen LogP) is 2.98. The molecular formula is C22H29N3O5. The molecule has 1 aromatic rings. The molecule has 0 aromatic heterocycles. The smallest absolute Gasteiger partial charge is 0.338 e. The molecule has 162 valence electrons. The largest absolute Gasteiger partial charge is 0.460 e. The normalized spacial score (nSPS) is 19.6. The molecule has 8 nitrogen and oxygen atoms in total. The van der Waals surface area contributed by atoms with Crippen LogP contribution in [0.2, 0.25) is 0 Å². The summed E-state index contributed by atoms with van der Waals surface area (Å²) in [6.07, 6.45) is 4.07. The van der Waals surface area contributed by atoms with E-state index in [4.69, 9.17) is 9.47 Å². The summed E-state index contributed by atoms with van der Waals surface area (Å²) in [5, 5.41) is 5.80. The molecule has 2 N–H and O–H groups in total. The Bertz CT molecular complexity index is 828. The van der Waals surface area contributed by atoms with E-state index in [1.54, 1.807) is 38.2 Å². The van der Waals surface area contributed by atoms with E-state index in [9.17, 15) is 14.4 Å². The van der Waals surface area contributed by atoms with Gasteiger partial charge >= 0.3 is 12.0 Å². The van der Waals surface area contributed by atoms with E-state index in [2.05, 4.69) is 10.6 Å². The third-order valence-corrected chi connectivity index (χ3v) is 5.73. The molecule has 3 rings (SSSR count). The lowest BCUT2D eigenvalue weighted by Crippen LogP contribution is -2.46. The highest BCUT2D eigenvalue weighted by Gasteiger charge is 2.35. The highest BCUT2D eigenvalue weighted by atomic mass is 16.6. The zero-order valence-electron chi connectivity index (χ0n) is 17.7. The van der Waals surface area contributed by atoms with Gasteiger partial charge in [-0.2, -0.15) is 0 Å². The number of esters is 1. The van der Waals surface area contributed by atoms with Gasteiger partial charge in [0.1, 0.15) is 6.61 Å². The van der Waals surface area contributed by atoms with Crippen LogP contribution in [0.5, 0.6) is 0 Å². The van der Waals surface area contributed by atoms with Crippen LogP contribution >= 0.6 is 0 Å². The van der Waals surface area contributed by atoms with Crippen molar-refractivity contribution in [2.24, 2.45) is 5.92 Å². The molecule has 0 spiro atoms. The minimum atomic E-state index is -0.636. The number of urea groups is 1. The molecule has 1 atom stereocenters.